The number of hydrogen-bond donors (Lipinski definition) is 0. The summed E-state index contributed by atoms with van der Waals surface area (Å²) in [6, 6.07) is 11.0. The second-order valence-electron chi connectivity index (χ2n) is 5.33. The van der Waals surface area contributed by atoms with Crippen molar-refractivity contribution in [1.82, 2.24) is 0 Å². The van der Waals surface area contributed by atoms with E-state index in [1.807, 2.05) is 24.3 Å². The van der Waals surface area contributed by atoms with Gasteiger partial charge in [0.2, 0.25) is 0 Å². The van der Waals surface area contributed by atoms with E-state index in [1.165, 1.54) is 4.31 Å². The van der Waals surface area contributed by atoms with E-state index in [0.717, 1.165) is 16.5 Å². The lowest BCUT2D eigenvalue weighted by Crippen LogP contribution is -2.30. The molecule has 1 fully saturated rings. The van der Waals surface area contributed by atoms with Crippen LogP contribution in [0.2, 0.25) is 0 Å². The highest BCUT2D eigenvalue weighted by Crippen LogP contribution is 2.55. The van der Waals surface area contributed by atoms with E-state index in [-0.39, 0.29) is 5.92 Å². The second kappa shape index (κ2) is 3.81. The molecule has 104 valence electrons. The maximum atomic E-state index is 12.7. The van der Waals surface area contributed by atoms with Crippen molar-refractivity contribution in [1.29, 1.82) is 0 Å². The van der Waals surface area contributed by atoms with Crippen molar-refractivity contribution >= 4 is 49.7 Å². The van der Waals surface area contributed by atoms with Gasteiger partial charge in [-0.05, 0) is 23.9 Å². The summed E-state index contributed by atoms with van der Waals surface area (Å²) in [6.07, 6.45) is 0.633. The lowest BCUT2D eigenvalue weighted by Gasteiger charge is -2.18. The third kappa shape index (κ3) is 1.62. The van der Waals surface area contributed by atoms with Gasteiger partial charge < -0.3 is 0 Å². The molecule has 2 aliphatic rings. The van der Waals surface area contributed by atoms with Crippen LogP contribution in [-0.4, -0.2) is 19.3 Å². The first-order valence-corrected chi connectivity index (χ1v) is 8.53. The van der Waals surface area contributed by atoms with Gasteiger partial charge in [-0.15, -0.1) is 23.2 Å². The third-order valence-electron chi connectivity index (χ3n) is 4.02. The summed E-state index contributed by atoms with van der Waals surface area (Å²) in [7, 11) is -3.49. The summed E-state index contributed by atoms with van der Waals surface area (Å²) in [4.78, 5) is 0.376. The highest BCUT2D eigenvalue weighted by Gasteiger charge is 2.54. The molecule has 0 spiro atoms. The van der Waals surface area contributed by atoms with Crippen molar-refractivity contribution in [3.8, 4) is 0 Å². The van der Waals surface area contributed by atoms with E-state index >= 15 is 0 Å². The minimum atomic E-state index is -3.49. The minimum Gasteiger partial charge on any atom is -0.265 e. The molecule has 0 aromatic heterocycles. The summed E-state index contributed by atoms with van der Waals surface area (Å²) >= 11 is 12.1. The first-order valence-electron chi connectivity index (χ1n) is 6.33. The Morgan fingerprint density at radius 3 is 2.50 bits per heavy atom. The van der Waals surface area contributed by atoms with Crippen molar-refractivity contribution in [2.24, 2.45) is 5.92 Å². The maximum absolute atomic E-state index is 12.7. The zero-order valence-corrected chi connectivity index (χ0v) is 12.7. The summed E-state index contributed by atoms with van der Waals surface area (Å²) in [6.45, 7) is 0.336. The van der Waals surface area contributed by atoms with Crippen LogP contribution in [0, 0.1) is 5.92 Å². The van der Waals surface area contributed by atoms with Gasteiger partial charge in [0.25, 0.3) is 10.0 Å². The first kappa shape index (κ1) is 12.7. The number of hydrogen-bond acceptors (Lipinski definition) is 2. The van der Waals surface area contributed by atoms with Gasteiger partial charge in [0, 0.05) is 17.8 Å². The predicted molar refractivity (Wildman–Crippen MR) is 81.0 cm³/mol. The molecule has 1 aliphatic heterocycles. The van der Waals surface area contributed by atoms with E-state index in [1.54, 1.807) is 12.1 Å². The van der Waals surface area contributed by atoms with E-state index in [0.29, 0.717) is 17.9 Å². The number of sulfonamides is 1. The molecular formula is C14H11Cl2NO2S. The van der Waals surface area contributed by atoms with Crippen LogP contribution < -0.4 is 4.31 Å². The first-order chi connectivity index (χ1) is 9.41. The third-order valence-corrected chi connectivity index (χ3v) is 6.77. The van der Waals surface area contributed by atoms with Crippen molar-refractivity contribution < 1.29 is 8.42 Å². The molecule has 0 amide bonds. The molecule has 1 heterocycles. The van der Waals surface area contributed by atoms with Gasteiger partial charge in [-0.25, -0.2) is 8.42 Å². The van der Waals surface area contributed by atoms with E-state index < -0.39 is 14.4 Å². The van der Waals surface area contributed by atoms with Crippen LogP contribution in [-0.2, 0) is 10.0 Å². The molecule has 2 aromatic carbocycles. The fraction of sp³-hybridized carbons (Fsp3) is 0.286. The van der Waals surface area contributed by atoms with Gasteiger partial charge >= 0.3 is 0 Å². The Morgan fingerprint density at radius 1 is 1.20 bits per heavy atom. The van der Waals surface area contributed by atoms with Gasteiger partial charge in [0.15, 0.2) is 0 Å². The maximum Gasteiger partial charge on any atom is 0.265 e. The lowest BCUT2D eigenvalue weighted by molar-refractivity contribution is 0.591. The normalized spacial score (nSPS) is 25.1. The average molecular weight is 328 g/mol. The average Bonchev–Trinajstić information content (AvgIpc) is 2.94. The molecule has 2 aromatic rings. The second-order valence-corrected chi connectivity index (χ2v) is 8.70. The number of halogens is 2. The number of rotatable bonds is 2. The summed E-state index contributed by atoms with van der Waals surface area (Å²) in [5, 5.41) is 1.73. The van der Waals surface area contributed by atoms with Crippen molar-refractivity contribution in [3.63, 3.8) is 0 Å². The molecule has 0 bridgehead atoms. The quantitative estimate of drug-likeness (QED) is 0.791. The van der Waals surface area contributed by atoms with Gasteiger partial charge in [0.1, 0.15) is 4.33 Å². The SMILES string of the molecule is O=S1(=O)c2cccc3cccc(c23)N1C[C@H]1CC1(Cl)Cl. The highest BCUT2D eigenvalue weighted by molar-refractivity contribution is 7.93. The zero-order chi connectivity index (χ0) is 14.1. The predicted octanol–water partition coefficient (Wildman–Crippen LogP) is 3.54. The number of benzene rings is 2. The summed E-state index contributed by atoms with van der Waals surface area (Å²) in [5.41, 5.74) is 0.731. The molecule has 0 radical (unpaired) electrons. The number of nitrogens with zero attached hydrogens (tertiary/aromatic N) is 1. The lowest BCUT2D eigenvalue weighted by atomic mass is 10.1. The standard InChI is InChI=1S/C14H11Cl2NO2S/c15-14(16)7-10(14)8-17-11-5-1-3-9-4-2-6-12(13(9)11)20(17,18)19/h1-6,10H,7-8H2/t10-/m1/s1. The van der Waals surface area contributed by atoms with Crippen LogP contribution in [0.25, 0.3) is 10.8 Å². The summed E-state index contributed by atoms with van der Waals surface area (Å²) in [5.74, 6) is -0.00910. The Hall–Kier alpha value is -0.970. The Bertz CT molecular complexity index is 827. The van der Waals surface area contributed by atoms with Crippen LogP contribution in [0.3, 0.4) is 0 Å². The van der Waals surface area contributed by atoms with Crippen LogP contribution in [0.4, 0.5) is 5.69 Å². The number of alkyl halides is 2. The van der Waals surface area contributed by atoms with Gasteiger partial charge in [-0.3, -0.25) is 4.31 Å². The van der Waals surface area contributed by atoms with E-state index in [2.05, 4.69) is 0 Å². The fourth-order valence-electron chi connectivity index (χ4n) is 2.82. The molecule has 20 heavy (non-hydrogen) atoms. The van der Waals surface area contributed by atoms with Gasteiger partial charge in [-0.2, -0.15) is 0 Å². The van der Waals surface area contributed by atoms with Crippen LogP contribution >= 0.6 is 23.2 Å². The molecule has 4 rings (SSSR count). The molecular weight excluding hydrogens is 317 g/mol. The van der Waals surface area contributed by atoms with Crippen molar-refractivity contribution in [3.05, 3.63) is 36.4 Å². The van der Waals surface area contributed by atoms with Gasteiger partial charge in [-0.1, -0.05) is 24.3 Å². The minimum absolute atomic E-state index is 0.00910. The van der Waals surface area contributed by atoms with Crippen LogP contribution in [0.5, 0.6) is 0 Å². The van der Waals surface area contributed by atoms with E-state index in [9.17, 15) is 8.42 Å². The van der Waals surface area contributed by atoms with Crippen LogP contribution in [0.15, 0.2) is 41.3 Å². The topological polar surface area (TPSA) is 37.4 Å². The van der Waals surface area contributed by atoms with Crippen molar-refractivity contribution in [2.75, 3.05) is 10.8 Å². The molecule has 3 nitrogen and oxygen atoms in total. The number of anilines is 1. The Morgan fingerprint density at radius 2 is 1.85 bits per heavy atom. The molecule has 6 heteroatoms. The molecule has 1 atom stereocenters. The Balaban J connectivity index is 1.89. The smallest absolute Gasteiger partial charge is 0.265 e. The fourth-order valence-corrected chi connectivity index (χ4v) is 5.09. The van der Waals surface area contributed by atoms with Gasteiger partial charge in [0.05, 0.1) is 10.6 Å². The van der Waals surface area contributed by atoms with E-state index in [4.69, 9.17) is 23.2 Å². The molecule has 0 saturated heterocycles. The zero-order valence-electron chi connectivity index (χ0n) is 10.4. The molecule has 1 aliphatic carbocycles. The summed E-state index contributed by atoms with van der Waals surface area (Å²) < 4.78 is 26.0. The van der Waals surface area contributed by atoms with Crippen molar-refractivity contribution in [2.45, 2.75) is 15.6 Å². The molecule has 1 saturated carbocycles. The largest absolute Gasteiger partial charge is 0.265 e. The molecule has 0 N–H and O–H groups in total. The van der Waals surface area contributed by atoms with Crippen LogP contribution in [0.1, 0.15) is 6.42 Å². The molecule has 0 unspecified atom stereocenters. The monoisotopic (exact) mass is 327 g/mol. The Labute approximate surface area is 127 Å². The Kier molecular flexibility index (Phi) is 2.43. The highest BCUT2D eigenvalue weighted by atomic mass is 35.5.